The first kappa shape index (κ1) is 17.2. The number of rotatable bonds is 4. The Bertz CT molecular complexity index is 1280. The monoisotopic (exact) mass is 408 g/mol. The fourth-order valence-electron chi connectivity index (χ4n) is 3.34. The van der Waals surface area contributed by atoms with Crippen LogP contribution in [0.5, 0.6) is 5.88 Å². The van der Waals surface area contributed by atoms with Crippen molar-refractivity contribution in [1.29, 1.82) is 0 Å². The minimum absolute atomic E-state index is 0.277. The number of hydrogen-bond donors (Lipinski definition) is 0. The van der Waals surface area contributed by atoms with Crippen molar-refractivity contribution in [2.24, 2.45) is 0 Å². The zero-order valence-corrected chi connectivity index (χ0v) is 16.1. The van der Waals surface area contributed by atoms with Gasteiger partial charge >= 0.3 is 0 Å². The van der Waals surface area contributed by atoms with Gasteiger partial charge in [-0.05, 0) is 18.2 Å². The van der Waals surface area contributed by atoms with E-state index in [4.69, 9.17) is 37.5 Å². The molecule has 0 spiro atoms. The largest absolute Gasteiger partial charge is 0.468 e. The molecule has 0 aliphatic heterocycles. The van der Waals surface area contributed by atoms with Gasteiger partial charge in [-0.3, -0.25) is 0 Å². The van der Waals surface area contributed by atoms with Gasteiger partial charge in [0.2, 0.25) is 5.88 Å². The van der Waals surface area contributed by atoms with E-state index in [9.17, 15) is 0 Å². The van der Waals surface area contributed by atoms with Crippen molar-refractivity contribution in [3.63, 3.8) is 0 Å². The molecular formula is C22H14Cl2N2O2. The van der Waals surface area contributed by atoms with Gasteiger partial charge in [0, 0.05) is 16.3 Å². The van der Waals surface area contributed by atoms with Crippen LogP contribution in [0.4, 0.5) is 0 Å². The number of benzene rings is 2. The summed E-state index contributed by atoms with van der Waals surface area (Å²) in [4.78, 5) is 0. The lowest BCUT2D eigenvalue weighted by Gasteiger charge is -2.11. The van der Waals surface area contributed by atoms with Crippen molar-refractivity contribution >= 4 is 39.5 Å². The average molecular weight is 409 g/mol. The topological polar surface area (TPSA) is 39.7 Å². The lowest BCUT2D eigenvalue weighted by Crippen LogP contribution is -2.02. The molecule has 138 valence electrons. The Morgan fingerprint density at radius 3 is 2.36 bits per heavy atom. The molecule has 0 bridgehead atoms. The smallest absolute Gasteiger partial charge is 0.240 e. The molecule has 0 amide bonds. The minimum Gasteiger partial charge on any atom is -0.468 e. The van der Waals surface area contributed by atoms with Crippen LogP contribution in [0, 0.1) is 0 Å². The summed E-state index contributed by atoms with van der Waals surface area (Å²) in [5.41, 5.74) is 2.41. The van der Waals surface area contributed by atoms with Crippen molar-refractivity contribution in [3.8, 4) is 17.1 Å². The van der Waals surface area contributed by atoms with E-state index in [1.54, 1.807) is 10.8 Å². The Hall–Kier alpha value is -2.95. The second-order valence-electron chi connectivity index (χ2n) is 6.32. The lowest BCUT2D eigenvalue weighted by atomic mass is 10.1. The number of aromatic nitrogens is 2. The first-order valence-electron chi connectivity index (χ1n) is 8.73. The molecule has 4 nitrogen and oxygen atoms in total. The van der Waals surface area contributed by atoms with Crippen LogP contribution >= 0.6 is 23.2 Å². The molecule has 0 unspecified atom stereocenters. The van der Waals surface area contributed by atoms with Gasteiger partial charge in [-0.2, -0.15) is 0 Å². The van der Waals surface area contributed by atoms with Gasteiger partial charge in [-0.25, -0.2) is 4.52 Å². The van der Waals surface area contributed by atoms with Gasteiger partial charge in [0.05, 0.1) is 27.5 Å². The number of fused-ring (bicyclic) bond motifs is 3. The maximum absolute atomic E-state index is 6.64. The van der Waals surface area contributed by atoms with Crippen LogP contribution < -0.4 is 4.74 Å². The van der Waals surface area contributed by atoms with Crippen LogP contribution in [-0.2, 0) is 6.61 Å². The maximum atomic E-state index is 6.64. The first-order chi connectivity index (χ1) is 13.7. The van der Waals surface area contributed by atoms with E-state index in [0.29, 0.717) is 15.9 Å². The molecule has 2 aromatic carbocycles. The van der Waals surface area contributed by atoms with Gasteiger partial charge in [-0.15, -0.1) is 5.10 Å². The van der Waals surface area contributed by atoms with Crippen molar-refractivity contribution < 1.29 is 9.15 Å². The predicted molar refractivity (Wildman–Crippen MR) is 111 cm³/mol. The summed E-state index contributed by atoms with van der Waals surface area (Å²) in [5, 5.41) is 7.46. The van der Waals surface area contributed by atoms with E-state index in [-0.39, 0.29) is 6.61 Å². The Labute approximate surface area is 170 Å². The number of hydrogen-bond acceptors (Lipinski definition) is 3. The highest BCUT2D eigenvalue weighted by Gasteiger charge is 2.22. The van der Waals surface area contributed by atoms with Crippen LogP contribution in [0.2, 0.25) is 10.0 Å². The summed E-state index contributed by atoms with van der Waals surface area (Å²) >= 11 is 13.3. The molecule has 0 atom stereocenters. The van der Waals surface area contributed by atoms with Gasteiger partial charge < -0.3 is 9.15 Å². The molecule has 3 heterocycles. The molecule has 0 saturated heterocycles. The molecule has 3 aromatic heterocycles. The number of halogens is 2. The van der Waals surface area contributed by atoms with E-state index in [2.05, 4.69) is 0 Å². The molecule has 6 heteroatoms. The highest BCUT2D eigenvalue weighted by molar-refractivity contribution is 6.47. The normalized spacial score (nSPS) is 11.4. The molecule has 0 aliphatic rings. The third kappa shape index (κ3) is 2.73. The van der Waals surface area contributed by atoms with Crippen molar-refractivity contribution in [3.05, 3.63) is 88.8 Å². The minimum atomic E-state index is 0.277. The molecule has 28 heavy (non-hydrogen) atoms. The number of nitrogens with zero attached hydrogens (tertiary/aromatic N) is 2. The molecular weight excluding hydrogens is 395 g/mol. The quantitative estimate of drug-likeness (QED) is 0.334. The van der Waals surface area contributed by atoms with Crippen LogP contribution in [0.25, 0.3) is 27.5 Å². The van der Waals surface area contributed by atoms with Gasteiger partial charge in [0.1, 0.15) is 12.4 Å². The first-order valence-corrected chi connectivity index (χ1v) is 9.48. The van der Waals surface area contributed by atoms with Crippen LogP contribution in [-0.4, -0.2) is 9.61 Å². The summed E-state index contributed by atoms with van der Waals surface area (Å²) in [5.74, 6) is 1.21. The molecule has 0 fully saturated rings. The van der Waals surface area contributed by atoms with Gasteiger partial charge in [-0.1, -0.05) is 71.7 Å². The maximum Gasteiger partial charge on any atom is 0.240 e. The van der Waals surface area contributed by atoms with E-state index < -0.39 is 0 Å². The van der Waals surface area contributed by atoms with E-state index in [1.165, 1.54) is 0 Å². The van der Waals surface area contributed by atoms with Crippen molar-refractivity contribution in [2.45, 2.75) is 6.61 Å². The third-order valence-electron chi connectivity index (χ3n) is 4.61. The molecule has 5 rings (SSSR count). The molecule has 0 saturated carbocycles. The van der Waals surface area contributed by atoms with E-state index in [0.717, 1.165) is 33.3 Å². The lowest BCUT2D eigenvalue weighted by molar-refractivity contribution is 0.260. The van der Waals surface area contributed by atoms with Crippen LogP contribution in [0.1, 0.15) is 5.76 Å². The predicted octanol–water partition coefficient (Wildman–Crippen LogP) is 6.63. The summed E-state index contributed by atoms with van der Waals surface area (Å²) in [7, 11) is 0. The Balaban J connectivity index is 1.78. The SMILES string of the molecule is Clc1c(Cl)c2c3ccccc3c(OCc3ccco3)nn2c1-c1ccccc1. The van der Waals surface area contributed by atoms with Crippen LogP contribution in [0.15, 0.2) is 77.4 Å². The Kier molecular flexibility index (Phi) is 4.23. The summed E-state index contributed by atoms with van der Waals surface area (Å²) in [6, 6.07) is 21.3. The molecule has 5 aromatic rings. The van der Waals surface area contributed by atoms with Crippen molar-refractivity contribution in [1.82, 2.24) is 9.61 Å². The second kappa shape index (κ2) is 6.89. The fraction of sp³-hybridized carbons (Fsp3) is 0.0455. The third-order valence-corrected chi connectivity index (χ3v) is 5.45. The van der Waals surface area contributed by atoms with E-state index >= 15 is 0 Å². The molecule has 0 aliphatic carbocycles. The van der Waals surface area contributed by atoms with Crippen molar-refractivity contribution in [2.75, 3.05) is 0 Å². The second-order valence-corrected chi connectivity index (χ2v) is 7.08. The number of ether oxygens (including phenoxy) is 1. The number of furan rings is 1. The molecule has 0 radical (unpaired) electrons. The van der Waals surface area contributed by atoms with Gasteiger partial charge in [0.25, 0.3) is 0 Å². The fourth-order valence-corrected chi connectivity index (χ4v) is 3.89. The van der Waals surface area contributed by atoms with E-state index in [1.807, 2.05) is 66.7 Å². The highest BCUT2D eigenvalue weighted by atomic mass is 35.5. The average Bonchev–Trinajstić information content (AvgIpc) is 3.34. The summed E-state index contributed by atoms with van der Waals surface area (Å²) < 4.78 is 13.1. The Morgan fingerprint density at radius 1 is 0.857 bits per heavy atom. The van der Waals surface area contributed by atoms with Gasteiger partial charge in [0.15, 0.2) is 0 Å². The zero-order valence-electron chi connectivity index (χ0n) is 14.6. The summed E-state index contributed by atoms with van der Waals surface area (Å²) in [6.07, 6.45) is 1.62. The highest BCUT2D eigenvalue weighted by Crippen LogP contribution is 2.42. The Morgan fingerprint density at radius 2 is 1.61 bits per heavy atom. The molecule has 0 N–H and O–H groups in total. The zero-order chi connectivity index (χ0) is 19.1. The summed E-state index contributed by atoms with van der Waals surface area (Å²) in [6.45, 7) is 0.277. The van der Waals surface area contributed by atoms with Crippen LogP contribution in [0.3, 0.4) is 0 Å². The standard InChI is InChI=1S/C22H14Cl2N2O2/c23-18-19(24)21-16-10-4-5-11-17(16)22(28-13-15-9-6-12-27-15)25-26(21)20(18)14-7-2-1-3-8-14/h1-12H,13H2.